The number of carbonyl (C=O) groups excluding carboxylic acids is 2. The van der Waals surface area contributed by atoms with Crippen LogP contribution >= 0.6 is 0 Å². The molecule has 0 aromatic heterocycles. The molecule has 0 saturated carbocycles. The molecule has 0 aliphatic carbocycles. The number of phenols is 2. The van der Waals surface area contributed by atoms with Gasteiger partial charge in [0.05, 0.1) is 19.6 Å². The molecule has 2 aromatic rings. The standard InChI is InChI=1S/C36H54N4O6/c1-4-6-7-26(3)40(21-18-37-17-12-29-9-11-32(42)35-36(29)46-25-33(43)38-35)34(44)16-23-45-22-15-27-8-10-31(41)30(24-27)28-13-19-39(5-2)20-14-28/h8-11,24,26,28,37,41-42H,4-7,12-23,25H2,1-3H3,(H,38,43)/t26-/m1/s1. The summed E-state index contributed by atoms with van der Waals surface area (Å²) < 4.78 is 11.5. The normalized spacial score (nSPS) is 16.0. The summed E-state index contributed by atoms with van der Waals surface area (Å²) in [6, 6.07) is 9.46. The van der Waals surface area contributed by atoms with Crippen LogP contribution in [0.15, 0.2) is 30.3 Å². The number of nitrogens with one attached hydrogen (secondary N) is 2. The topological polar surface area (TPSA) is 124 Å². The lowest BCUT2D eigenvalue weighted by Gasteiger charge is -2.31. The van der Waals surface area contributed by atoms with Crippen molar-refractivity contribution in [3.8, 4) is 17.2 Å². The van der Waals surface area contributed by atoms with E-state index >= 15 is 0 Å². The lowest BCUT2D eigenvalue weighted by Crippen LogP contribution is -2.43. The molecule has 1 atom stereocenters. The molecule has 2 amide bonds. The maximum Gasteiger partial charge on any atom is 0.262 e. The van der Waals surface area contributed by atoms with Crippen LogP contribution in [0.25, 0.3) is 0 Å². The van der Waals surface area contributed by atoms with Gasteiger partial charge in [-0.05, 0) is 99.9 Å². The highest BCUT2D eigenvalue weighted by Crippen LogP contribution is 2.39. The third-order valence-corrected chi connectivity index (χ3v) is 9.32. The Bertz CT molecular complexity index is 1280. The lowest BCUT2D eigenvalue weighted by molar-refractivity contribution is -0.134. The van der Waals surface area contributed by atoms with Gasteiger partial charge >= 0.3 is 0 Å². The molecule has 2 aromatic carbocycles. The summed E-state index contributed by atoms with van der Waals surface area (Å²) in [6.07, 6.45) is 7.02. The van der Waals surface area contributed by atoms with Gasteiger partial charge in [-0.25, -0.2) is 0 Å². The predicted molar refractivity (Wildman–Crippen MR) is 181 cm³/mol. The molecule has 0 unspecified atom stereocenters. The number of likely N-dealkylation sites (tertiary alicyclic amines) is 1. The first kappa shape index (κ1) is 35.5. The van der Waals surface area contributed by atoms with Crippen molar-refractivity contribution >= 4 is 17.5 Å². The first-order valence-corrected chi connectivity index (χ1v) is 17.2. The number of aromatic hydroxyl groups is 2. The monoisotopic (exact) mass is 638 g/mol. The Morgan fingerprint density at radius 1 is 1.11 bits per heavy atom. The molecule has 0 radical (unpaired) electrons. The van der Waals surface area contributed by atoms with Gasteiger partial charge in [0.2, 0.25) is 5.91 Å². The van der Waals surface area contributed by atoms with Gasteiger partial charge < -0.3 is 40.1 Å². The third kappa shape index (κ3) is 10.1. The smallest absolute Gasteiger partial charge is 0.262 e. The van der Waals surface area contributed by atoms with Gasteiger partial charge in [-0.15, -0.1) is 0 Å². The van der Waals surface area contributed by atoms with Crippen LogP contribution in [-0.4, -0.2) is 97.0 Å². The van der Waals surface area contributed by atoms with Crippen LogP contribution in [0.2, 0.25) is 0 Å². The van der Waals surface area contributed by atoms with Gasteiger partial charge in [0, 0.05) is 19.1 Å². The molecule has 254 valence electrons. The van der Waals surface area contributed by atoms with Crippen molar-refractivity contribution in [2.75, 3.05) is 64.4 Å². The van der Waals surface area contributed by atoms with Crippen molar-refractivity contribution in [2.45, 2.75) is 84.1 Å². The first-order chi connectivity index (χ1) is 22.3. The molecule has 46 heavy (non-hydrogen) atoms. The zero-order valence-corrected chi connectivity index (χ0v) is 28.0. The number of hydrogen-bond acceptors (Lipinski definition) is 8. The van der Waals surface area contributed by atoms with Crippen molar-refractivity contribution in [3.05, 3.63) is 47.0 Å². The minimum atomic E-state index is -0.282. The van der Waals surface area contributed by atoms with Crippen LogP contribution < -0.4 is 15.4 Å². The summed E-state index contributed by atoms with van der Waals surface area (Å²) in [4.78, 5) is 29.4. The maximum absolute atomic E-state index is 13.3. The molecule has 4 N–H and O–H groups in total. The van der Waals surface area contributed by atoms with Crippen LogP contribution in [0.1, 0.15) is 81.9 Å². The van der Waals surface area contributed by atoms with Crippen molar-refractivity contribution in [1.82, 2.24) is 15.1 Å². The van der Waals surface area contributed by atoms with E-state index in [1.165, 1.54) is 0 Å². The van der Waals surface area contributed by atoms with Crippen LogP contribution in [0.4, 0.5) is 5.69 Å². The van der Waals surface area contributed by atoms with E-state index in [9.17, 15) is 19.8 Å². The van der Waals surface area contributed by atoms with E-state index in [0.717, 1.165) is 74.8 Å². The Morgan fingerprint density at radius 2 is 1.89 bits per heavy atom. The number of nitrogens with zero attached hydrogens (tertiary/aromatic N) is 2. The third-order valence-electron chi connectivity index (χ3n) is 9.32. The molecule has 10 heteroatoms. The zero-order chi connectivity index (χ0) is 32.9. The Kier molecular flexibility index (Phi) is 14.0. The fourth-order valence-electron chi connectivity index (χ4n) is 6.45. The van der Waals surface area contributed by atoms with Gasteiger partial charge in [0.15, 0.2) is 12.4 Å². The van der Waals surface area contributed by atoms with E-state index in [1.54, 1.807) is 6.07 Å². The van der Waals surface area contributed by atoms with Gasteiger partial charge in [0.25, 0.3) is 5.91 Å². The number of piperidine rings is 1. The second kappa shape index (κ2) is 18.1. The van der Waals surface area contributed by atoms with E-state index in [2.05, 4.69) is 42.4 Å². The maximum atomic E-state index is 13.3. The average Bonchev–Trinajstić information content (AvgIpc) is 3.06. The molecule has 0 spiro atoms. The van der Waals surface area contributed by atoms with Crippen LogP contribution in [0.3, 0.4) is 0 Å². The fourth-order valence-corrected chi connectivity index (χ4v) is 6.45. The van der Waals surface area contributed by atoms with Crippen molar-refractivity contribution in [3.63, 3.8) is 0 Å². The molecular formula is C36H54N4O6. The second-order valence-corrected chi connectivity index (χ2v) is 12.6. The highest BCUT2D eigenvalue weighted by Gasteiger charge is 2.24. The quantitative estimate of drug-likeness (QED) is 0.136. The molecule has 1 saturated heterocycles. The summed E-state index contributed by atoms with van der Waals surface area (Å²) in [5, 5.41) is 26.7. The Hall–Kier alpha value is -3.34. The summed E-state index contributed by atoms with van der Waals surface area (Å²) >= 11 is 0. The lowest BCUT2D eigenvalue weighted by atomic mass is 9.87. The molecule has 4 rings (SSSR count). The highest BCUT2D eigenvalue weighted by atomic mass is 16.5. The molecule has 2 heterocycles. The molecule has 10 nitrogen and oxygen atoms in total. The van der Waals surface area contributed by atoms with Gasteiger partial charge in [-0.2, -0.15) is 0 Å². The van der Waals surface area contributed by atoms with Gasteiger partial charge in [-0.1, -0.05) is 44.9 Å². The Morgan fingerprint density at radius 3 is 2.65 bits per heavy atom. The van der Waals surface area contributed by atoms with Crippen LogP contribution in [0, 0.1) is 0 Å². The number of phenolic OH excluding ortho intramolecular Hbond substituents is 2. The number of anilines is 1. The van der Waals surface area contributed by atoms with E-state index in [-0.39, 0.29) is 30.2 Å². The van der Waals surface area contributed by atoms with Gasteiger partial charge in [-0.3, -0.25) is 9.59 Å². The number of carbonyl (C=O) groups is 2. The Labute approximate surface area is 274 Å². The van der Waals surface area contributed by atoms with Crippen LogP contribution in [-0.2, 0) is 27.2 Å². The van der Waals surface area contributed by atoms with Crippen LogP contribution in [0.5, 0.6) is 17.2 Å². The number of hydrogen-bond donors (Lipinski definition) is 4. The fraction of sp³-hybridized carbons (Fsp3) is 0.611. The average molecular weight is 639 g/mol. The van der Waals surface area contributed by atoms with Crippen molar-refractivity contribution in [2.24, 2.45) is 0 Å². The minimum Gasteiger partial charge on any atom is -0.508 e. The second-order valence-electron chi connectivity index (χ2n) is 12.6. The number of ether oxygens (including phenoxy) is 2. The minimum absolute atomic E-state index is 0.00757. The van der Waals surface area contributed by atoms with Gasteiger partial charge in [0.1, 0.15) is 17.2 Å². The Balaban J connectivity index is 1.20. The van der Waals surface area contributed by atoms with Crippen molar-refractivity contribution in [1.29, 1.82) is 0 Å². The number of amides is 2. The zero-order valence-electron chi connectivity index (χ0n) is 28.0. The largest absolute Gasteiger partial charge is 0.508 e. The van der Waals surface area contributed by atoms with E-state index in [1.807, 2.05) is 23.1 Å². The van der Waals surface area contributed by atoms with E-state index in [4.69, 9.17) is 9.47 Å². The molecule has 2 aliphatic heterocycles. The summed E-state index contributed by atoms with van der Waals surface area (Å²) in [6.45, 7) is 12.5. The molecule has 1 fully saturated rings. The number of unbranched alkanes of at least 4 members (excludes halogenated alkanes) is 1. The predicted octanol–water partition coefficient (Wildman–Crippen LogP) is 4.82. The summed E-state index contributed by atoms with van der Waals surface area (Å²) in [5.41, 5.74) is 3.44. The number of rotatable bonds is 18. The van der Waals surface area contributed by atoms with E-state index < -0.39 is 0 Å². The van der Waals surface area contributed by atoms with Crippen molar-refractivity contribution < 1.29 is 29.3 Å². The summed E-state index contributed by atoms with van der Waals surface area (Å²) in [5.74, 6) is 1.12. The SMILES string of the molecule is CCCC[C@@H](C)N(CCNCCc1ccc(O)c2c1OCC(=O)N2)C(=O)CCOCCc1ccc(O)c(C2CCN(CC)CC2)c1. The first-order valence-electron chi connectivity index (χ1n) is 17.2. The molecular weight excluding hydrogens is 584 g/mol. The summed E-state index contributed by atoms with van der Waals surface area (Å²) in [7, 11) is 0. The highest BCUT2D eigenvalue weighted by molar-refractivity contribution is 5.97. The van der Waals surface area contributed by atoms with E-state index in [0.29, 0.717) is 68.8 Å². The number of benzene rings is 2. The molecule has 2 aliphatic rings. The number of fused-ring (bicyclic) bond motifs is 1. The molecule has 0 bridgehead atoms.